The molecule has 2 heterocycles. The van der Waals surface area contributed by atoms with Gasteiger partial charge in [-0.05, 0) is 35.0 Å². The van der Waals surface area contributed by atoms with Crippen LogP contribution in [0.25, 0.3) is 0 Å². The number of piperidine rings is 1. The summed E-state index contributed by atoms with van der Waals surface area (Å²) in [5, 5.41) is 4.00. The second kappa shape index (κ2) is 6.59. The van der Waals surface area contributed by atoms with Gasteiger partial charge in [0.1, 0.15) is 5.82 Å². The number of nitrogens with one attached hydrogen (secondary N) is 1. The highest BCUT2D eigenvalue weighted by molar-refractivity contribution is 9.10. The van der Waals surface area contributed by atoms with Gasteiger partial charge in [-0.15, -0.1) is 0 Å². The topological polar surface area (TPSA) is 75.2 Å². The van der Waals surface area contributed by atoms with Crippen molar-refractivity contribution in [3.63, 3.8) is 0 Å². The van der Waals surface area contributed by atoms with Crippen LogP contribution in [0.1, 0.15) is 12.8 Å². The summed E-state index contributed by atoms with van der Waals surface area (Å²) in [5.74, 6) is 0.713. The zero-order chi connectivity index (χ0) is 14.8. The molecule has 1 aromatic rings. The predicted molar refractivity (Wildman–Crippen MR) is 84.6 cm³/mol. The van der Waals surface area contributed by atoms with E-state index in [1.807, 2.05) is 6.26 Å². The van der Waals surface area contributed by atoms with Crippen molar-refractivity contribution in [3.8, 4) is 0 Å². The summed E-state index contributed by atoms with van der Waals surface area (Å²) in [6, 6.07) is 0.0689. The third kappa shape index (κ3) is 4.06. The molecule has 0 aliphatic carbocycles. The van der Waals surface area contributed by atoms with Crippen LogP contribution in [0.3, 0.4) is 0 Å². The van der Waals surface area contributed by atoms with E-state index in [4.69, 9.17) is 0 Å². The van der Waals surface area contributed by atoms with Crippen molar-refractivity contribution in [1.29, 1.82) is 0 Å². The van der Waals surface area contributed by atoms with Crippen molar-refractivity contribution in [2.24, 2.45) is 0 Å². The van der Waals surface area contributed by atoms with E-state index in [1.54, 1.807) is 6.20 Å². The van der Waals surface area contributed by atoms with Gasteiger partial charge in [0.15, 0.2) is 5.16 Å². The molecule has 2 rings (SSSR count). The fourth-order valence-electron chi connectivity index (χ4n) is 2.11. The summed E-state index contributed by atoms with van der Waals surface area (Å²) in [7, 11) is -3.13. The highest BCUT2D eigenvalue weighted by Gasteiger charge is 2.26. The number of halogens is 1. The maximum absolute atomic E-state index is 11.6. The number of hydrogen-bond donors (Lipinski definition) is 1. The zero-order valence-electron chi connectivity index (χ0n) is 11.3. The van der Waals surface area contributed by atoms with Crippen LogP contribution in [0.15, 0.2) is 15.8 Å². The van der Waals surface area contributed by atoms with Gasteiger partial charge in [0, 0.05) is 25.3 Å². The van der Waals surface area contributed by atoms with Crippen LogP contribution >= 0.6 is 27.7 Å². The molecule has 0 spiro atoms. The molecule has 1 aliphatic rings. The minimum Gasteiger partial charge on any atom is -0.365 e. The van der Waals surface area contributed by atoms with Crippen LogP contribution in [0.4, 0.5) is 5.82 Å². The molecule has 0 radical (unpaired) electrons. The summed E-state index contributed by atoms with van der Waals surface area (Å²) in [5.41, 5.74) is 0. The number of sulfonamides is 1. The van der Waals surface area contributed by atoms with E-state index in [0.29, 0.717) is 24.1 Å². The van der Waals surface area contributed by atoms with Gasteiger partial charge in [0.25, 0.3) is 0 Å². The van der Waals surface area contributed by atoms with Gasteiger partial charge in [-0.1, -0.05) is 11.8 Å². The molecule has 1 N–H and O–H groups in total. The lowest BCUT2D eigenvalue weighted by Crippen LogP contribution is -2.44. The molecule has 1 aliphatic heterocycles. The molecule has 1 saturated heterocycles. The standard InChI is InChI=1S/C11H17BrN4O2S2/c1-19-11-13-6-9(12)10(15-11)14-8-4-3-5-16(7-8)20(2,17)18/h6,8H,3-5,7H2,1-2H3,(H,13,14,15). The minimum absolute atomic E-state index is 0.0689. The van der Waals surface area contributed by atoms with E-state index in [2.05, 4.69) is 31.2 Å². The quantitative estimate of drug-likeness (QED) is 0.633. The average Bonchev–Trinajstić information content (AvgIpc) is 2.41. The molecule has 0 saturated carbocycles. The Hall–Kier alpha value is -0.380. The summed E-state index contributed by atoms with van der Waals surface area (Å²) in [6.07, 6.45) is 6.65. The predicted octanol–water partition coefficient (Wildman–Crippen LogP) is 1.80. The van der Waals surface area contributed by atoms with E-state index >= 15 is 0 Å². The Labute approximate surface area is 131 Å². The number of hydrogen-bond acceptors (Lipinski definition) is 6. The van der Waals surface area contributed by atoms with Crippen LogP contribution < -0.4 is 5.32 Å². The number of anilines is 1. The first-order chi connectivity index (χ1) is 9.40. The Morgan fingerprint density at radius 1 is 1.55 bits per heavy atom. The van der Waals surface area contributed by atoms with Gasteiger partial charge in [0.05, 0.1) is 10.7 Å². The van der Waals surface area contributed by atoms with Crippen molar-refractivity contribution in [1.82, 2.24) is 14.3 Å². The molecule has 6 nitrogen and oxygen atoms in total. The first kappa shape index (κ1) is 16.0. The molecular formula is C11H17BrN4O2S2. The fraction of sp³-hybridized carbons (Fsp3) is 0.636. The zero-order valence-corrected chi connectivity index (χ0v) is 14.6. The molecule has 9 heteroatoms. The summed E-state index contributed by atoms with van der Waals surface area (Å²) < 4.78 is 25.5. The maximum Gasteiger partial charge on any atom is 0.211 e. The molecule has 112 valence electrons. The van der Waals surface area contributed by atoms with E-state index in [1.165, 1.54) is 22.3 Å². The van der Waals surface area contributed by atoms with Gasteiger partial charge >= 0.3 is 0 Å². The minimum atomic E-state index is -3.13. The number of nitrogens with zero attached hydrogens (tertiary/aromatic N) is 3. The summed E-state index contributed by atoms with van der Waals surface area (Å²) >= 11 is 4.88. The molecule has 20 heavy (non-hydrogen) atoms. The molecule has 1 atom stereocenters. The normalized spacial score (nSPS) is 20.9. The lowest BCUT2D eigenvalue weighted by Gasteiger charge is -2.31. The van der Waals surface area contributed by atoms with E-state index in [-0.39, 0.29) is 6.04 Å². The molecule has 0 bridgehead atoms. The number of aromatic nitrogens is 2. The Kier molecular flexibility index (Phi) is 5.27. The molecule has 1 unspecified atom stereocenters. The van der Waals surface area contributed by atoms with Crippen LogP contribution in [-0.2, 0) is 10.0 Å². The largest absolute Gasteiger partial charge is 0.365 e. The summed E-state index contributed by atoms with van der Waals surface area (Å²) in [6.45, 7) is 1.07. The van der Waals surface area contributed by atoms with Gasteiger partial charge in [-0.2, -0.15) is 0 Å². The Bertz CT molecular complexity index is 582. The van der Waals surface area contributed by atoms with Crippen molar-refractivity contribution < 1.29 is 8.42 Å². The van der Waals surface area contributed by atoms with E-state index in [0.717, 1.165) is 17.3 Å². The molecular weight excluding hydrogens is 364 g/mol. The highest BCUT2D eigenvalue weighted by Crippen LogP contribution is 2.24. The Morgan fingerprint density at radius 2 is 2.30 bits per heavy atom. The lowest BCUT2D eigenvalue weighted by atomic mass is 10.1. The van der Waals surface area contributed by atoms with Crippen molar-refractivity contribution >= 4 is 43.5 Å². The van der Waals surface area contributed by atoms with Gasteiger partial charge < -0.3 is 5.32 Å². The van der Waals surface area contributed by atoms with Gasteiger partial charge in [0.2, 0.25) is 10.0 Å². The second-order valence-corrected chi connectivity index (χ2v) is 8.27. The Morgan fingerprint density at radius 3 is 2.95 bits per heavy atom. The van der Waals surface area contributed by atoms with E-state index < -0.39 is 10.0 Å². The fourth-order valence-corrected chi connectivity index (χ4v) is 3.66. The van der Waals surface area contributed by atoms with Crippen LogP contribution in [0.5, 0.6) is 0 Å². The maximum atomic E-state index is 11.6. The van der Waals surface area contributed by atoms with Crippen LogP contribution in [-0.4, -0.2) is 54.3 Å². The highest BCUT2D eigenvalue weighted by atomic mass is 79.9. The van der Waals surface area contributed by atoms with Crippen LogP contribution in [0.2, 0.25) is 0 Å². The number of thioether (sulfide) groups is 1. The third-order valence-corrected chi connectivity index (χ3v) is 5.51. The van der Waals surface area contributed by atoms with Crippen molar-refractivity contribution in [3.05, 3.63) is 10.7 Å². The SMILES string of the molecule is CSc1ncc(Br)c(NC2CCCN(S(C)(=O)=O)C2)n1. The second-order valence-electron chi connectivity index (χ2n) is 4.66. The third-order valence-electron chi connectivity index (χ3n) is 3.10. The monoisotopic (exact) mass is 380 g/mol. The van der Waals surface area contributed by atoms with Gasteiger partial charge in [-0.25, -0.2) is 22.7 Å². The van der Waals surface area contributed by atoms with Gasteiger partial charge in [-0.3, -0.25) is 0 Å². The smallest absolute Gasteiger partial charge is 0.211 e. The first-order valence-corrected chi connectivity index (χ1v) is 10.0. The molecule has 0 aromatic carbocycles. The summed E-state index contributed by atoms with van der Waals surface area (Å²) in [4.78, 5) is 8.56. The first-order valence-electron chi connectivity index (χ1n) is 6.18. The number of rotatable bonds is 4. The molecule has 1 aromatic heterocycles. The molecule has 1 fully saturated rings. The molecule has 0 amide bonds. The van der Waals surface area contributed by atoms with Crippen molar-refractivity contribution in [2.45, 2.75) is 24.0 Å². The van der Waals surface area contributed by atoms with Crippen molar-refractivity contribution in [2.75, 3.05) is 30.9 Å². The van der Waals surface area contributed by atoms with Crippen LogP contribution in [0, 0.1) is 0 Å². The lowest BCUT2D eigenvalue weighted by molar-refractivity contribution is 0.328. The van der Waals surface area contributed by atoms with E-state index in [9.17, 15) is 8.42 Å². The average molecular weight is 381 g/mol. The Balaban J connectivity index is 2.10.